The van der Waals surface area contributed by atoms with Gasteiger partial charge in [-0.1, -0.05) is 74.0 Å². The van der Waals surface area contributed by atoms with E-state index in [4.69, 9.17) is 4.74 Å². The summed E-state index contributed by atoms with van der Waals surface area (Å²) in [5.41, 5.74) is 1.11. The van der Waals surface area contributed by atoms with E-state index in [0.717, 1.165) is 24.8 Å². The molecule has 178 valence electrons. The summed E-state index contributed by atoms with van der Waals surface area (Å²) < 4.78 is 65.8. The van der Waals surface area contributed by atoms with Crippen LogP contribution >= 0.6 is 0 Å². The lowest BCUT2D eigenvalue weighted by Crippen LogP contribution is -2.25. The van der Waals surface area contributed by atoms with Gasteiger partial charge in [0, 0.05) is 22.6 Å². The van der Waals surface area contributed by atoms with Gasteiger partial charge in [-0.05, 0) is 42.9 Å². The SMILES string of the molecule is CC=Cc1ccc(-c2ccc(-c3ccc(C4CCC(CCC)OC4)c(F)c3F)c(F)c2F)cc1. The van der Waals surface area contributed by atoms with Crippen molar-refractivity contribution in [3.05, 3.63) is 89.0 Å². The molecule has 0 N–H and O–H groups in total. The molecule has 1 aliphatic heterocycles. The van der Waals surface area contributed by atoms with Crippen molar-refractivity contribution >= 4 is 6.08 Å². The van der Waals surface area contributed by atoms with E-state index in [1.54, 1.807) is 24.3 Å². The van der Waals surface area contributed by atoms with Gasteiger partial charge in [-0.3, -0.25) is 0 Å². The van der Waals surface area contributed by atoms with Crippen LogP contribution < -0.4 is 0 Å². The van der Waals surface area contributed by atoms with Crippen LogP contribution in [0.1, 0.15) is 56.6 Å². The number of allylic oxidation sites excluding steroid dienone is 1. The predicted octanol–water partition coefficient (Wildman–Crippen LogP) is 8.67. The summed E-state index contributed by atoms with van der Waals surface area (Å²) in [6.45, 7) is 4.30. The van der Waals surface area contributed by atoms with Gasteiger partial charge in [0.2, 0.25) is 0 Å². The Kier molecular flexibility index (Phi) is 7.52. The zero-order valence-corrected chi connectivity index (χ0v) is 19.4. The average Bonchev–Trinajstić information content (AvgIpc) is 2.85. The normalized spacial score (nSPS) is 18.5. The van der Waals surface area contributed by atoms with Crippen LogP contribution in [0.25, 0.3) is 28.3 Å². The third-order valence-electron chi connectivity index (χ3n) is 6.49. The number of benzene rings is 3. The summed E-state index contributed by atoms with van der Waals surface area (Å²) >= 11 is 0. The van der Waals surface area contributed by atoms with Crippen LogP contribution in [0.4, 0.5) is 17.6 Å². The Bertz CT molecular complexity index is 1180. The summed E-state index contributed by atoms with van der Waals surface area (Å²) in [5, 5.41) is 0. The van der Waals surface area contributed by atoms with Crippen molar-refractivity contribution in [3.8, 4) is 22.3 Å². The molecule has 2 unspecified atom stereocenters. The molecule has 4 rings (SSSR count). The topological polar surface area (TPSA) is 9.23 Å². The number of hydrogen-bond acceptors (Lipinski definition) is 1. The van der Waals surface area contributed by atoms with Crippen molar-refractivity contribution in [2.24, 2.45) is 0 Å². The van der Waals surface area contributed by atoms with E-state index in [-0.39, 0.29) is 34.3 Å². The van der Waals surface area contributed by atoms with Crippen LogP contribution in [0, 0.1) is 23.3 Å². The fourth-order valence-corrected chi connectivity index (χ4v) is 4.64. The van der Waals surface area contributed by atoms with Crippen LogP contribution in [0.5, 0.6) is 0 Å². The molecule has 3 aromatic rings. The first-order valence-corrected chi connectivity index (χ1v) is 11.8. The first-order valence-electron chi connectivity index (χ1n) is 11.8. The Hall–Kier alpha value is -2.92. The van der Waals surface area contributed by atoms with Gasteiger partial charge in [0.05, 0.1) is 12.7 Å². The second kappa shape index (κ2) is 10.6. The minimum Gasteiger partial charge on any atom is -0.378 e. The summed E-state index contributed by atoms with van der Waals surface area (Å²) in [4.78, 5) is 0. The Morgan fingerprint density at radius 3 is 2.03 bits per heavy atom. The number of ether oxygens (including phenoxy) is 1. The van der Waals surface area contributed by atoms with Crippen molar-refractivity contribution < 1.29 is 22.3 Å². The average molecular weight is 469 g/mol. The van der Waals surface area contributed by atoms with Crippen LogP contribution in [0.15, 0.2) is 54.6 Å². The van der Waals surface area contributed by atoms with Gasteiger partial charge in [0.25, 0.3) is 0 Å². The molecule has 0 bridgehead atoms. The molecule has 0 aliphatic carbocycles. The van der Waals surface area contributed by atoms with Crippen LogP contribution in [0.2, 0.25) is 0 Å². The lowest BCUT2D eigenvalue weighted by Gasteiger charge is -2.29. The van der Waals surface area contributed by atoms with Gasteiger partial charge in [-0.25, -0.2) is 17.6 Å². The molecule has 34 heavy (non-hydrogen) atoms. The van der Waals surface area contributed by atoms with E-state index in [1.165, 1.54) is 24.3 Å². The van der Waals surface area contributed by atoms with Gasteiger partial charge < -0.3 is 4.74 Å². The lowest BCUT2D eigenvalue weighted by molar-refractivity contribution is -0.00181. The summed E-state index contributed by atoms with van der Waals surface area (Å²) in [5.74, 6) is -4.75. The maximum absolute atomic E-state index is 15.0. The molecule has 0 saturated carbocycles. The third-order valence-corrected chi connectivity index (χ3v) is 6.49. The van der Waals surface area contributed by atoms with E-state index in [9.17, 15) is 4.39 Å². The highest BCUT2D eigenvalue weighted by Gasteiger charge is 2.28. The molecule has 0 spiro atoms. The van der Waals surface area contributed by atoms with E-state index in [1.807, 2.05) is 19.1 Å². The molecule has 0 amide bonds. The van der Waals surface area contributed by atoms with Crippen molar-refractivity contribution in [1.82, 2.24) is 0 Å². The predicted molar refractivity (Wildman–Crippen MR) is 128 cm³/mol. The first kappa shape index (κ1) is 24.2. The maximum atomic E-state index is 15.0. The minimum absolute atomic E-state index is 0.0618. The largest absolute Gasteiger partial charge is 0.378 e. The molecule has 1 nitrogen and oxygen atoms in total. The quantitative estimate of drug-likeness (QED) is 0.329. The zero-order valence-electron chi connectivity index (χ0n) is 19.4. The lowest BCUT2D eigenvalue weighted by atomic mass is 9.88. The fourth-order valence-electron chi connectivity index (χ4n) is 4.64. The Morgan fingerprint density at radius 1 is 0.794 bits per heavy atom. The van der Waals surface area contributed by atoms with E-state index in [2.05, 4.69) is 6.92 Å². The molecule has 1 saturated heterocycles. The van der Waals surface area contributed by atoms with Crippen molar-refractivity contribution in [2.75, 3.05) is 6.61 Å². The number of hydrogen-bond donors (Lipinski definition) is 0. The van der Waals surface area contributed by atoms with Gasteiger partial charge in [0.1, 0.15) is 0 Å². The molecular weight excluding hydrogens is 440 g/mol. The number of halogens is 4. The highest BCUT2D eigenvalue weighted by molar-refractivity contribution is 5.73. The van der Waals surface area contributed by atoms with E-state index >= 15 is 13.2 Å². The summed E-state index contributed by atoms with van der Waals surface area (Å²) in [6.07, 6.45) is 7.38. The summed E-state index contributed by atoms with van der Waals surface area (Å²) in [6, 6.07) is 12.5. The van der Waals surface area contributed by atoms with Crippen molar-refractivity contribution in [3.63, 3.8) is 0 Å². The standard InChI is InChI=1S/C29H28F4O/c1-3-5-18-7-9-19(10-8-18)22-13-15-24(28(32)26(22)30)25-16-14-23(27(31)29(25)33)20-11-12-21(6-4-2)34-17-20/h3,5,7-10,13-16,20-21H,4,6,11-12,17H2,1-2H3. The molecule has 5 heteroatoms. The van der Waals surface area contributed by atoms with Crippen LogP contribution in [-0.2, 0) is 4.74 Å². The van der Waals surface area contributed by atoms with E-state index < -0.39 is 23.3 Å². The molecule has 1 fully saturated rings. The Balaban J connectivity index is 1.62. The smallest absolute Gasteiger partial charge is 0.167 e. The second-order valence-corrected chi connectivity index (χ2v) is 8.76. The fraction of sp³-hybridized carbons (Fsp3) is 0.310. The Morgan fingerprint density at radius 2 is 1.41 bits per heavy atom. The zero-order chi connectivity index (χ0) is 24.2. The van der Waals surface area contributed by atoms with E-state index in [0.29, 0.717) is 18.6 Å². The molecule has 3 aromatic carbocycles. The molecule has 2 atom stereocenters. The van der Waals surface area contributed by atoms with Crippen LogP contribution in [0.3, 0.4) is 0 Å². The minimum atomic E-state index is -1.20. The Labute approximate surface area is 198 Å². The maximum Gasteiger partial charge on any atom is 0.167 e. The molecule has 0 aromatic heterocycles. The molecule has 1 aliphatic rings. The summed E-state index contributed by atoms with van der Waals surface area (Å²) in [7, 11) is 0. The number of rotatable bonds is 6. The second-order valence-electron chi connectivity index (χ2n) is 8.76. The van der Waals surface area contributed by atoms with Crippen molar-refractivity contribution in [2.45, 2.75) is 51.6 Å². The van der Waals surface area contributed by atoms with Crippen LogP contribution in [-0.4, -0.2) is 12.7 Å². The molecule has 0 radical (unpaired) electrons. The van der Waals surface area contributed by atoms with Gasteiger partial charge in [-0.2, -0.15) is 0 Å². The monoisotopic (exact) mass is 468 g/mol. The third kappa shape index (κ3) is 4.80. The van der Waals surface area contributed by atoms with Gasteiger partial charge in [-0.15, -0.1) is 0 Å². The highest BCUT2D eigenvalue weighted by atomic mass is 19.2. The highest BCUT2D eigenvalue weighted by Crippen LogP contribution is 2.37. The first-order chi connectivity index (χ1) is 16.4. The van der Waals surface area contributed by atoms with Crippen molar-refractivity contribution in [1.29, 1.82) is 0 Å². The molecular formula is C29H28F4O. The van der Waals surface area contributed by atoms with Gasteiger partial charge in [0.15, 0.2) is 23.3 Å². The molecule has 1 heterocycles. The van der Waals surface area contributed by atoms with Gasteiger partial charge >= 0.3 is 0 Å².